The topological polar surface area (TPSA) is 275 Å². The molecule has 1 unspecified atom stereocenters. The smallest absolute Gasteiger partial charge is 0.198 e. The van der Waals surface area contributed by atoms with Crippen molar-refractivity contribution in [2.75, 3.05) is 31.7 Å². The Kier molecular flexibility index (Phi) is 9.50. The van der Waals surface area contributed by atoms with E-state index in [2.05, 4.69) is 15.3 Å². The standard InChI is InChI=1S/C40H28N8O9.Al.3H/c49-13-24(53)17-5-1-8-20-28(17)36-41-32(20)43-37-30-19(26(55)15-51)7-3-10-22(30)34(45-37)47-39-31-23(11-4-12-40(31,57)27(56)16-52)35(48-39)46-38-29-18(25(54)14-50)6-2-9-21(29)33(42-36)44-38;;;;/h1-12,41,49-52,57H,13-16H2,(H,43,45,47)(H,42,44,46,48);;;;. The molecule has 0 fully saturated rings. The van der Waals surface area contributed by atoms with Crippen LogP contribution < -0.4 is 16.0 Å². The maximum Gasteiger partial charge on any atom is 0.198 e. The van der Waals surface area contributed by atoms with Crippen molar-refractivity contribution in [2.24, 2.45) is 25.0 Å². The minimum absolute atomic E-state index is 0. The highest BCUT2D eigenvalue weighted by molar-refractivity contribution is 6.31. The molecule has 1 atom stereocenters. The van der Waals surface area contributed by atoms with Gasteiger partial charge in [0.15, 0.2) is 63.6 Å². The molecule has 0 amide bonds. The first-order chi connectivity index (χ1) is 27.6. The fourth-order valence-electron chi connectivity index (χ4n) is 7.52. The van der Waals surface area contributed by atoms with Gasteiger partial charge < -0.3 is 40.8 Å². The summed E-state index contributed by atoms with van der Waals surface area (Å²) < 4.78 is 0. The van der Waals surface area contributed by atoms with E-state index in [9.17, 15) is 44.7 Å². The van der Waals surface area contributed by atoms with Crippen LogP contribution in [0, 0.1) is 0 Å². The van der Waals surface area contributed by atoms with Crippen LogP contribution in [0.5, 0.6) is 0 Å². The highest BCUT2D eigenvalue weighted by Gasteiger charge is 2.41. The van der Waals surface area contributed by atoms with Crippen molar-refractivity contribution in [3.63, 3.8) is 0 Å². The maximum absolute atomic E-state index is 13.2. The number of rotatable bonds is 8. The molecule has 5 aromatic rings. The van der Waals surface area contributed by atoms with Gasteiger partial charge in [0.25, 0.3) is 0 Å². The summed E-state index contributed by atoms with van der Waals surface area (Å²) in [5.41, 5.74) is -1.02. The lowest BCUT2D eigenvalue weighted by Gasteiger charge is -2.24. The van der Waals surface area contributed by atoms with Crippen molar-refractivity contribution < 1.29 is 44.7 Å². The number of aliphatic hydroxyl groups excluding tert-OH is 4. The summed E-state index contributed by atoms with van der Waals surface area (Å²) in [5, 5.41) is 55.7. The molecule has 58 heavy (non-hydrogen) atoms. The minimum Gasteiger partial charge on any atom is -0.388 e. The van der Waals surface area contributed by atoms with Gasteiger partial charge in [-0.15, -0.1) is 0 Å². The van der Waals surface area contributed by atoms with Gasteiger partial charge in [-0.25, -0.2) is 25.0 Å². The number of aromatic nitrogens is 2. The summed E-state index contributed by atoms with van der Waals surface area (Å²) in [6.45, 7) is -3.48. The molecule has 1 aliphatic carbocycles. The molecule has 0 spiro atoms. The Morgan fingerprint density at radius 2 is 1.24 bits per heavy atom. The van der Waals surface area contributed by atoms with E-state index in [1.165, 1.54) is 30.4 Å². The van der Waals surface area contributed by atoms with Gasteiger partial charge in [-0.1, -0.05) is 66.7 Å². The van der Waals surface area contributed by atoms with Gasteiger partial charge in [-0.2, -0.15) is 0 Å². The molecule has 18 heteroatoms. The molecule has 8 N–H and O–H groups in total. The normalized spacial score (nSPS) is 19.3. The molecule has 9 rings (SSSR count). The van der Waals surface area contributed by atoms with Crippen molar-refractivity contribution in [3.05, 3.63) is 122 Å². The van der Waals surface area contributed by atoms with Gasteiger partial charge in [0, 0.05) is 60.5 Å². The Bertz CT molecular complexity index is 2990. The second-order valence-electron chi connectivity index (χ2n) is 13.3. The molecule has 4 aliphatic rings. The number of hydrogen-bond donors (Lipinski definition) is 8. The van der Waals surface area contributed by atoms with Crippen molar-refractivity contribution in [2.45, 2.75) is 5.60 Å². The number of H-pyrrole nitrogens is 2. The SMILES string of the molecule is O=C(CO)c1cccc2c1C1=NC/2=N\c2[nH]c(c3cccc(C(=O)CO)c23)NC2=N/C(=N\c3[nH]/c(c4c3C(O)(C(=O)CO)C=CC=4)=N\1)c1cccc(C(=O)CO)c12.[AlH3]. The minimum atomic E-state index is -2.39. The highest BCUT2D eigenvalue weighted by Crippen LogP contribution is 2.39. The summed E-state index contributed by atoms with van der Waals surface area (Å²) in [6, 6.07) is 14.3. The van der Waals surface area contributed by atoms with Crippen molar-refractivity contribution in [1.29, 1.82) is 0 Å². The second-order valence-corrected chi connectivity index (χ2v) is 13.3. The molecular formula is C40H31AlN8O9. The lowest BCUT2D eigenvalue weighted by molar-refractivity contribution is -0.136. The molecule has 3 aromatic carbocycles. The van der Waals surface area contributed by atoms with Crippen LogP contribution in [-0.2, 0) is 10.4 Å². The zero-order chi connectivity index (χ0) is 39.7. The Morgan fingerprint density at radius 1 is 0.638 bits per heavy atom. The van der Waals surface area contributed by atoms with E-state index in [4.69, 9.17) is 25.0 Å². The third kappa shape index (κ3) is 5.70. The number of allylic oxidation sites excluding steroid dienone is 1. The Balaban J connectivity index is 0.00000469. The molecule has 0 saturated carbocycles. The lowest BCUT2D eigenvalue weighted by Crippen LogP contribution is -2.43. The molecule has 17 nitrogen and oxygen atoms in total. The average Bonchev–Trinajstić information content (AvgIpc) is 3.98. The third-order valence-electron chi connectivity index (χ3n) is 10.1. The van der Waals surface area contributed by atoms with Gasteiger partial charge in [0.05, 0.1) is 0 Å². The van der Waals surface area contributed by atoms with Gasteiger partial charge >= 0.3 is 0 Å². The molecule has 0 radical (unpaired) electrons. The fraction of sp³-hybridized carbons (Fsp3) is 0.125. The number of carbonyl (C=O) groups excluding carboxylic acids is 4. The molecule has 288 valence electrons. The van der Waals surface area contributed by atoms with Crippen LogP contribution in [0.2, 0.25) is 0 Å². The number of anilines is 1. The monoisotopic (exact) mass is 794 g/mol. The summed E-state index contributed by atoms with van der Waals surface area (Å²) >= 11 is 0. The summed E-state index contributed by atoms with van der Waals surface area (Å²) in [5.74, 6) is -2.49. The Morgan fingerprint density at radius 3 is 1.93 bits per heavy atom. The maximum atomic E-state index is 13.2. The van der Waals surface area contributed by atoms with E-state index in [1.807, 2.05) is 0 Å². The molecule has 8 bridgehead atoms. The molecule has 2 aromatic heterocycles. The second kappa shape index (κ2) is 14.4. The summed E-state index contributed by atoms with van der Waals surface area (Å²) in [7, 11) is 0. The van der Waals surface area contributed by atoms with Crippen LogP contribution in [0.3, 0.4) is 0 Å². The predicted octanol–water partition coefficient (Wildman–Crippen LogP) is -0.641. The number of benzene rings is 3. The number of amidine groups is 4. The molecule has 0 saturated heterocycles. The number of fused-ring (bicyclic) bond motifs is 18. The van der Waals surface area contributed by atoms with E-state index in [-0.39, 0.29) is 102 Å². The largest absolute Gasteiger partial charge is 0.388 e. The quantitative estimate of drug-likeness (QED) is 0.0727. The molecular weight excluding hydrogens is 763 g/mol. The van der Waals surface area contributed by atoms with Crippen LogP contribution in [-0.4, -0.2) is 126 Å². The molecule has 5 heterocycles. The van der Waals surface area contributed by atoms with Crippen molar-refractivity contribution in [3.8, 4) is 0 Å². The third-order valence-corrected chi connectivity index (χ3v) is 10.1. The number of aromatic amines is 2. The van der Waals surface area contributed by atoms with Crippen LogP contribution in [0.15, 0.2) is 91.7 Å². The first-order valence-electron chi connectivity index (χ1n) is 17.4. The fourth-order valence-corrected chi connectivity index (χ4v) is 7.52. The summed E-state index contributed by atoms with van der Waals surface area (Å²) in [6.07, 6.45) is 4.17. The van der Waals surface area contributed by atoms with E-state index in [1.54, 1.807) is 42.5 Å². The van der Waals surface area contributed by atoms with E-state index < -0.39 is 55.2 Å². The number of Topliss-reactive ketones (excluding diaryl/α,β-unsaturated/α-hetero) is 4. The van der Waals surface area contributed by atoms with Crippen molar-refractivity contribution in [1.82, 2.24) is 9.97 Å². The first kappa shape index (κ1) is 38.3. The van der Waals surface area contributed by atoms with E-state index in [0.717, 1.165) is 0 Å². The lowest BCUT2D eigenvalue weighted by atomic mass is 9.86. The van der Waals surface area contributed by atoms with E-state index in [0.29, 0.717) is 21.9 Å². The number of carbonyl (C=O) groups is 4. The van der Waals surface area contributed by atoms with Gasteiger partial charge in [0.1, 0.15) is 55.2 Å². The number of hydrogen-bond acceptors (Lipinski definition) is 15. The number of ketones is 4. The van der Waals surface area contributed by atoms with Crippen LogP contribution in [0.4, 0.5) is 17.5 Å². The number of nitrogens with zero attached hydrogens (tertiary/aromatic N) is 5. The first-order valence-corrected chi connectivity index (χ1v) is 17.4. The van der Waals surface area contributed by atoms with Gasteiger partial charge in [-0.3, -0.25) is 19.2 Å². The van der Waals surface area contributed by atoms with Crippen LogP contribution in [0.1, 0.15) is 58.9 Å². The van der Waals surface area contributed by atoms with Crippen molar-refractivity contribution >= 4 is 98.1 Å². The summed E-state index contributed by atoms with van der Waals surface area (Å²) in [4.78, 5) is 82.9. The van der Waals surface area contributed by atoms with Gasteiger partial charge in [-0.05, 0) is 6.08 Å². The van der Waals surface area contributed by atoms with Crippen LogP contribution in [0.25, 0.3) is 16.8 Å². The van der Waals surface area contributed by atoms with Gasteiger partial charge in [0.2, 0.25) is 0 Å². The zero-order valence-electron chi connectivity index (χ0n) is 29.4. The predicted molar refractivity (Wildman–Crippen MR) is 216 cm³/mol. The number of aliphatic imine (C=N–C) groups is 4. The van der Waals surface area contributed by atoms with E-state index >= 15 is 0 Å². The average molecular weight is 795 g/mol. The van der Waals surface area contributed by atoms with Crippen LogP contribution >= 0.6 is 0 Å². The highest BCUT2D eigenvalue weighted by atomic mass is 27.0. The number of nitrogens with one attached hydrogen (secondary N) is 3. The Labute approximate surface area is 336 Å². The Hall–Kier alpha value is -6.62. The molecule has 3 aliphatic heterocycles. The zero-order valence-corrected chi connectivity index (χ0v) is 29.4. The number of aliphatic hydroxyl groups is 5.